The number of hydrogen-bond donors (Lipinski definition) is 2. The predicted molar refractivity (Wildman–Crippen MR) is 124 cm³/mol. The number of Topliss-reactive ketones (excluding diaryl/α,β-unsaturated/α-hetero) is 1. The third-order valence-corrected chi connectivity index (χ3v) is 6.55. The van der Waals surface area contributed by atoms with Crippen molar-refractivity contribution in [1.29, 1.82) is 0 Å². The molecule has 1 unspecified atom stereocenters. The SMILES string of the molecule is O=C(Nc1ccc(C(=O)C2Nc3sccc3Cn3cccc32)cc1)c1ccccc1Cl. The number of amides is 1. The number of rotatable bonds is 4. The molecular formula is C24H18ClN3O2S. The second-order valence-corrected chi connectivity index (χ2v) is 8.61. The Balaban J connectivity index is 1.37. The summed E-state index contributed by atoms with van der Waals surface area (Å²) in [6.45, 7) is 0.741. The molecule has 1 aliphatic rings. The summed E-state index contributed by atoms with van der Waals surface area (Å²) in [5, 5.41) is 9.68. The average molecular weight is 448 g/mol. The maximum Gasteiger partial charge on any atom is 0.257 e. The van der Waals surface area contributed by atoms with E-state index in [-0.39, 0.29) is 11.7 Å². The van der Waals surface area contributed by atoms with Crippen molar-refractivity contribution < 1.29 is 9.59 Å². The predicted octanol–water partition coefficient (Wildman–Crippen LogP) is 5.85. The number of halogens is 1. The number of hydrogen-bond acceptors (Lipinski definition) is 4. The largest absolute Gasteiger partial charge is 0.362 e. The van der Waals surface area contributed by atoms with Crippen LogP contribution in [0, 0.1) is 0 Å². The second-order valence-electron chi connectivity index (χ2n) is 7.29. The van der Waals surface area contributed by atoms with Crippen LogP contribution in [0.1, 0.15) is 38.0 Å². The molecule has 2 aromatic carbocycles. The van der Waals surface area contributed by atoms with Gasteiger partial charge in [-0.25, -0.2) is 0 Å². The van der Waals surface area contributed by atoms with Crippen LogP contribution in [0.5, 0.6) is 0 Å². The minimum Gasteiger partial charge on any atom is -0.362 e. The molecule has 2 N–H and O–H groups in total. The zero-order valence-electron chi connectivity index (χ0n) is 16.3. The van der Waals surface area contributed by atoms with Gasteiger partial charge in [0, 0.05) is 28.7 Å². The van der Waals surface area contributed by atoms with Crippen LogP contribution in [0.15, 0.2) is 78.3 Å². The number of ketones is 1. The summed E-state index contributed by atoms with van der Waals surface area (Å²) in [5.41, 5.74) is 3.68. The van der Waals surface area contributed by atoms with Gasteiger partial charge in [0.1, 0.15) is 6.04 Å². The van der Waals surface area contributed by atoms with Gasteiger partial charge >= 0.3 is 0 Å². The molecular weight excluding hydrogens is 430 g/mol. The van der Waals surface area contributed by atoms with Crippen molar-refractivity contribution in [3.8, 4) is 0 Å². The van der Waals surface area contributed by atoms with Gasteiger partial charge in [-0.1, -0.05) is 23.7 Å². The van der Waals surface area contributed by atoms with Crippen LogP contribution in [0.25, 0.3) is 0 Å². The molecule has 0 fully saturated rings. The Hall–Kier alpha value is -3.35. The molecule has 4 aromatic rings. The van der Waals surface area contributed by atoms with E-state index in [1.165, 1.54) is 5.56 Å². The number of aromatic nitrogens is 1. The van der Waals surface area contributed by atoms with Gasteiger partial charge in [0.05, 0.1) is 22.1 Å². The minimum absolute atomic E-state index is 0.0230. The fourth-order valence-electron chi connectivity index (χ4n) is 3.74. The fourth-order valence-corrected chi connectivity index (χ4v) is 4.80. The Morgan fingerprint density at radius 1 is 1.03 bits per heavy atom. The first-order chi connectivity index (χ1) is 15.1. The first-order valence-corrected chi connectivity index (χ1v) is 11.0. The van der Waals surface area contributed by atoms with Gasteiger partial charge in [0.2, 0.25) is 0 Å². The van der Waals surface area contributed by atoms with E-state index in [1.807, 2.05) is 23.7 Å². The van der Waals surface area contributed by atoms with Crippen LogP contribution in [-0.2, 0) is 6.54 Å². The van der Waals surface area contributed by atoms with E-state index in [2.05, 4.69) is 21.3 Å². The number of carbonyl (C=O) groups is 2. The van der Waals surface area contributed by atoms with E-state index < -0.39 is 6.04 Å². The lowest BCUT2D eigenvalue weighted by Crippen LogP contribution is -2.22. The molecule has 1 aliphatic heterocycles. The summed E-state index contributed by atoms with van der Waals surface area (Å²) >= 11 is 7.70. The van der Waals surface area contributed by atoms with Gasteiger partial charge in [0.25, 0.3) is 5.91 Å². The molecule has 154 valence electrons. The Labute approximate surface area is 188 Å². The number of benzene rings is 2. The van der Waals surface area contributed by atoms with Gasteiger partial charge in [-0.3, -0.25) is 9.59 Å². The van der Waals surface area contributed by atoms with Crippen molar-refractivity contribution >= 4 is 45.3 Å². The smallest absolute Gasteiger partial charge is 0.257 e. The molecule has 2 aromatic heterocycles. The van der Waals surface area contributed by atoms with Crippen molar-refractivity contribution in [1.82, 2.24) is 4.57 Å². The third kappa shape index (κ3) is 3.76. The van der Waals surface area contributed by atoms with E-state index >= 15 is 0 Å². The average Bonchev–Trinajstić information content (AvgIpc) is 3.39. The maximum atomic E-state index is 13.4. The lowest BCUT2D eigenvalue weighted by Gasteiger charge is -2.17. The van der Waals surface area contributed by atoms with Crippen molar-refractivity contribution in [2.45, 2.75) is 12.6 Å². The molecule has 0 saturated carbocycles. The van der Waals surface area contributed by atoms with Crippen LogP contribution in [0.4, 0.5) is 10.7 Å². The highest BCUT2D eigenvalue weighted by Gasteiger charge is 2.28. The highest BCUT2D eigenvalue weighted by molar-refractivity contribution is 7.14. The molecule has 0 radical (unpaired) electrons. The Kier molecular flexibility index (Phi) is 5.10. The van der Waals surface area contributed by atoms with Crippen LogP contribution in [0.3, 0.4) is 0 Å². The minimum atomic E-state index is -0.474. The summed E-state index contributed by atoms with van der Waals surface area (Å²) in [4.78, 5) is 25.8. The molecule has 0 saturated heterocycles. The number of carbonyl (C=O) groups excluding carboxylic acids is 2. The van der Waals surface area contributed by atoms with Gasteiger partial charge in [0.15, 0.2) is 5.78 Å². The molecule has 5 nitrogen and oxygen atoms in total. The summed E-state index contributed by atoms with van der Waals surface area (Å²) in [5.74, 6) is -0.316. The molecule has 3 heterocycles. The van der Waals surface area contributed by atoms with E-state index in [0.717, 1.165) is 17.2 Å². The van der Waals surface area contributed by atoms with Crippen molar-refractivity contribution in [3.05, 3.63) is 106 Å². The highest BCUT2D eigenvalue weighted by atomic mass is 35.5. The molecule has 1 amide bonds. The van der Waals surface area contributed by atoms with Crippen LogP contribution >= 0.6 is 22.9 Å². The highest BCUT2D eigenvalue weighted by Crippen LogP contribution is 2.34. The monoisotopic (exact) mass is 447 g/mol. The van der Waals surface area contributed by atoms with Crippen LogP contribution in [-0.4, -0.2) is 16.3 Å². The summed E-state index contributed by atoms with van der Waals surface area (Å²) < 4.78 is 2.10. The lowest BCUT2D eigenvalue weighted by molar-refractivity contribution is 0.0966. The molecule has 5 rings (SSSR count). The van der Waals surface area contributed by atoms with Gasteiger partial charge in [-0.05, 0) is 60.0 Å². The standard InChI is InChI=1S/C24H18ClN3O2S/c25-19-5-2-1-4-18(19)23(30)26-17-9-7-15(8-10-17)22(29)21-20-6-3-12-28(20)14-16-11-13-31-24(16)27-21/h1-13,21,27H,14H2,(H,26,30). The molecule has 1 atom stereocenters. The normalized spacial score (nSPS) is 14.7. The molecule has 0 spiro atoms. The molecule has 31 heavy (non-hydrogen) atoms. The molecule has 0 bridgehead atoms. The number of nitrogens with zero attached hydrogens (tertiary/aromatic N) is 1. The summed E-state index contributed by atoms with van der Waals surface area (Å²) in [6, 6.07) is 19.4. The van der Waals surface area contributed by atoms with Crippen LogP contribution < -0.4 is 10.6 Å². The van der Waals surface area contributed by atoms with E-state index in [9.17, 15) is 9.59 Å². The Morgan fingerprint density at radius 3 is 2.65 bits per heavy atom. The van der Waals surface area contributed by atoms with E-state index in [0.29, 0.717) is 21.8 Å². The first-order valence-electron chi connectivity index (χ1n) is 9.78. The molecule has 0 aliphatic carbocycles. The number of fused-ring (bicyclic) bond motifs is 2. The zero-order chi connectivity index (χ0) is 21.4. The second kappa shape index (κ2) is 8.06. The number of nitrogens with one attached hydrogen (secondary N) is 2. The Morgan fingerprint density at radius 2 is 1.84 bits per heavy atom. The lowest BCUT2D eigenvalue weighted by atomic mass is 10.0. The number of thiophene rings is 1. The van der Waals surface area contributed by atoms with E-state index in [1.54, 1.807) is 59.9 Å². The van der Waals surface area contributed by atoms with E-state index in [4.69, 9.17) is 11.6 Å². The van der Waals surface area contributed by atoms with Crippen molar-refractivity contribution in [2.75, 3.05) is 10.6 Å². The van der Waals surface area contributed by atoms with Gasteiger partial charge in [-0.2, -0.15) is 0 Å². The number of anilines is 2. The van der Waals surface area contributed by atoms with Gasteiger partial charge < -0.3 is 15.2 Å². The van der Waals surface area contributed by atoms with Gasteiger partial charge in [-0.15, -0.1) is 11.3 Å². The summed E-state index contributed by atoms with van der Waals surface area (Å²) in [7, 11) is 0. The Bertz CT molecular complexity index is 1280. The van der Waals surface area contributed by atoms with Crippen LogP contribution in [0.2, 0.25) is 5.02 Å². The molecule has 7 heteroatoms. The topological polar surface area (TPSA) is 63.1 Å². The fraction of sp³-hybridized carbons (Fsp3) is 0.0833. The first kappa shape index (κ1) is 19.6. The van der Waals surface area contributed by atoms with Crippen molar-refractivity contribution in [2.24, 2.45) is 0 Å². The zero-order valence-corrected chi connectivity index (χ0v) is 17.9. The maximum absolute atomic E-state index is 13.4. The summed E-state index contributed by atoms with van der Waals surface area (Å²) in [6.07, 6.45) is 2.00. The third-order valence-electron chi connectivity index (χ3n) is 5.33. The van der Waals surface area contributed by atoms with Crippen molar-refractivity contribution in [3.63, 3.8) is 0 Å². The quantitative estimate of drug-likeness (QED) is 0.385.